The van der Waals surface area contributed by atoms with Gasteiger partial charge in [-0.25, -0.2) is 9.50 Å². The second kappa shape index (κ2) is 7.04. The van der Waals surface area contributed by atoms with E-state index < -0.39 is 0 Å². The minimum Gasteiger partial charge on any atom is -0.490 e. The molecule has 1 atom stereocenters. The van der Waals surface area contributed by atoms with Crippen LogP contribution in [0.1, 0.15) is 28.4 Å². The number of benzene rings is 1. The zero-order chi connectivity index (χ0) is 20.0. The van der Waals surface area contributed by atoms with Crippen LogP contribution in [0.25, 0.3) is 5.65 Å². The van der Waals surface area contributed by atoms with Gasteiger partial charge in [-0.15, -0.1) is 0 Å². The summed E-state index contributed by atoms with van der Waals surface area (Å²) in [4.78, 5) is 19.7. The molecule has 5 rings (SSSR count). The Morgan fingerprint density at radius 2 is 2.14 bits per heavy atom. The highest BCUT2D eigenvalue weighted by Crippen LogP contribution is 2.43. The van der Waals surface area contributed by atoms with Crippen LogP contribution >= 0.6 is 0 Å². The van der Waals surface area contributed by atoms with Crippen molar-refractivity contribution in [3.63, 3.8) is 0 Å². The highest BCUT2D eigenvalue weighted by atomic mass is 16.5. The maximum Gasteiger partial charge on any atom is 0.261 e. The number of nitrogens with zero attached hydrogens (tertiary/aromatic N) is 4. The van der Waals surface area contributed by atoms with Crippen molar-refractivity contribution in [2.75, 3.05) is 36.5 Å². The van der Waals surface area contributed by atoms with E-state index in [4.69, 9.17) is 9.47 Å². The topological polar surface area (TPSA) is 81.0 Å². The minimum atomic E-state index is -0.223. The lowest BCUT2D eigenvalue weighted by molar-refractivity contribution is 0.102. The number of morpholine rings is 1. The molecule has 150 valence electrons. The van der Waals surface area contributed by atoms with E-state index in [1.807, 2.05) is 6.07 Å². The average molecular weight is 393 g/mol. The number of carbonyl (C=O) groups is 1. The quantitative estimate of drug-likeness (QED) is 0.736. The summed E-state index contributed by atoms with van der Waals surface area (Å²) in [6.45, 7) is 7.01. The molecule has 1 fully saturated rings. The first-order chi connectivity index (χ1) is 14.1. The number of hydrogen-bond donors (Lipinski definition) is 1. The molecular formula is C21H23N5O3. The molecule has 2 aliphatic heterocycles. The van der Waals surface area contributed by atoms with Gasteiger partial charge in [0.15, 0.2) is 5.65 Å². The van der Waals surface area contributed by atoms with Gasteiger partial charge in [0.1, 0.15) is 17.4 Å². The molecule has 8 heteroatoms. The summed E-state index contributed by atoms with van der Waals surface area (Å²) in [5, 5.41) is 7.34. The monoisotopic (exact) mass is 393 g/mol. The Kier molecular flexibility index (Phi) is 4.35. The van der Waals surface area contributed by atoms with Gasteiger partial charge >= 0.3 is 0 Å². The summed E-state index contributed by atoms with van der Waals surface area (Å²) in [6, 6.07) is 3.83. The van der Waals surface area contributed by atoms with E-state index in [0.29, 0.717) is 24.4 Å². The van der Waals surface area contributed by atoms with Crippen molar-refractivity contribution in [3.05, 3.63) is 47.4 Å². The second-order valence-corrected chi connectivity index (χ2v) is 7.52. The summed E-state index contributed by atoms with van der Waals surface area (Å²) < 4.78 is 13.2. The lowest BCUT2D eigenvalue weighted by Gasteiger charge is -2.32. The third kappa shape index (κ3) is 3.09. The number of amides is 1. The summed E-state index contributed by atoms with van der Waals surface area (Å²) in [7, 11) is 0. The van der Waals surface area contributed by atoms with Crippen LogP contribution in [0.3, 0.4) is 0 Å². The van der Waals surface area contributed by atoms with E-state index in [2.05, 4.69) is 34.1 Å². The molecule has 0 aliphatic carbocycles. The van der Waals surface area contributed by atoms with E-state index in [-0.39, 0.29) is 12.0 Å². The molecule has 1 aromatic carbocycles. The molecule has 1 N–H and O–H groups in total. The molecule has 4 heterocycles. The molecule has 0 bridgehead atoms. The van der Waals surface area contributed by atoms with Gasteiger partial charge in [0.2, 0.25) is 0 Å². The van der Waals surface area contributed by atoms with Crippen molar-refractivity contribution in [1.29, 1.82) is 0 Å². The molecule has 29 heavy (non-hydrogen) atoms. The Morgan fingerprint density at radius 1 is 1.31 bits per heavy atom. The van der Waals surface area contributed by atoms with Crippen LogP contribution in [0.5, 0.6) is 5.75 Å². The summed E-state index contributed by atoms with van der Waals surface area (Å²) in [5.41, 5.74) is 4.96. The van der Waals surface area contributed by atoms with Crippen molar-refractivity contribution in [2.24, 2.45) is 0 Å². The molecule has 1 saturated heterocycles. The molecule has 1 amide bonds. The number of rotatable bonds is 3. The van der Waals surface area contributed by atoms with E-state index in [0.717, 1.165) is 47.8 Å². The van der Waals surface area contributed by atoms with Gasteiger partial charge in [-0.05, 0) is 26.0 Å². The number of carbonyl (C=O) groups excluding carboxylic acids is 1. The predicted octanol–water partition coefficient (Wildman–Crippen LogP) is 2.45. The molecule has 8 nitrogen and oxygen atoms in total. The lowest BCUT2D eigenvalue weighted by Crippen LogP contribution is -2.37. The second-order valence-electron chi connectivity index (χ2n) is 7.52. The Hall–Kier alpha value is -3.13. The zero-order valence-corrected chi connectivity index (χ0v) is 16.5. The molecule has 0 radical (unpaired) electrons. The van der Waals surface area contributed by atoms with Crippen molar-refractivity contribution in [1.82, 2.24) is 14.6 Å². The lowest BCUT2D eigenvalue weighted by atomic mass is 10.0. The third-order valence-electron chi connectivity index (χ3n) is 5.49. The SMILES string of the molecule is Cc1c2c(cc(NC(=O)c3cnn4cccnc34)c1N1CCOCC1)CC(C)O2. The van der Waals surface area contributed by atoms with Gasteiger partial charge in [-0.2, -0.15) is 5.10 Å². The van der Waals surface area contributed by atoms with Crippen molar-refractivity contribution < 1.29 is 14.3 Å². The van der Waals surface area contributed by atoms with E-state index in [9.17, 15) is 4.79 Å². The number of nitrogens with one attached hydrogen (secondary N) is 1. The number of hydrogen-bond acceptors (Lipinski definition) is 6. The largest absolute Gasteiger partial charge is 0.490 e. The predicted molar refractivity (Wildman–Crippen MR) is 109 cm³/mol. The molecule has 0 saturated carbocycles. The molecule has 2 aliphatic rings. The fourth-order valence-electron chi connectivity index (χ4n) is 4.19. The number of ether oxygens (including phenoxy) is 2. The Morgan fingerprint density at radius 3 is 2.97 bits per heavy atom. The van der Waals surface area contributed by atoms with Crippen LogP contribution in [-0.2, 0) is 11.2 Å². The van der Waals surface area contributed by atoms with Gasteiger partial charge in [0, 0.05) is 43.0 Å². The molecule has 0 spiro atoms. The first kappa shape index (κ1) is 17.9. The Bertz CT molecular complexity index is 1090. The van der Waals surface area contributed by atoms with Crippen LogP contribution < -0.4 is 15.0 Å². The van der Waals surface area contributed by atoms with E-state index in [1.54, 1.807) is 29.2 Å². The summed E-state index contributed by atoms with van der Waals surface area (Å²) in [6.07, 6.45) is 5.95. The molecule has 3 aromatic rings. The van der Waals surface area contributed by atoms with Crippen LogP contribution in [0, 0.1) is 6.92 Å². The first-order valence-electron chi connectivity index (χ1n) is 9.87. The number of anilines is 2. The van der Waals surface area contributed by atoms with Gasteiger partial charge in [-0.3, -0.25) is 4.79 Å². The Balaban J connectivity index is 1.55. The fourth-order valence-corrected chi connectivity index (χ4v) is 4.19. The maximum atomic E-state index is 13.1. The molecule has 1 unspecified atom stereocenters. The maximum absolute atomic E-state index is 13.1. The highest BCUT2D eigenvalue weighted by molar-refractivity contribution is 6.09. The van der Waals surface area contributed by atoms with Crippen LogP contribution in [-0.4, -0.2) is 52.9 Å². The number of aromatic nitrogens is 3. The number of fused-ring (bicyclic) bond motifs is 2. The third-order valence-corrected chi connectivity index (χ3v) is 5.49. The summed E-state index contributed by atoms with van der Waals surface area (Å²) >= 11 is 0. The van der Waals surface area contributed by atoms with Gasteiger partial charge in [0.05, 0.1) is 30.8 Å². The molecular weight excluding hydrogens is 370 g/mol. The average Bonchev–Trinajstić information content (AvgIpc) is 3.32. The van der Waals surface area contributed by atoms with E-state index >= 15 is 0 Å². The molecule has 2 aromatic heterocycles. The van der Waals surface area contributed by atoms with Crippen molar-refractivity contribution >= 4 is 22.9 Å². The highest BCUT2D eigenvalue weighted by Gasteiger charge is 2.28. The minimum absolute atomic E-state index is 0.135. The Labute approximate surface area is 168 Å². The smallest absolute Gasteiger partial charge is 0.261 e. The van der Waals surface area contributed by atoms with Gasteiger partial charge < -0.3 is 19.7 Å². The van der Waals surface area contributed by atoms with Crippen molar-refractivity contribution in [2.45, 2.75) is 26.4 Å². The standard InChI is InChI=1S/C21H23N5O3/c1-13-10-15-11-17(18(14(2)19(15)29-13)25-6-8-28-9-7-25)24-21(27)16-12-23-26-5-3-4-22-20(16)26/h3-5,11-13H,6-10H2,1-2H3,(H,24,27). The van der Waals surface area contributed by atoms with Gasteiger partial charge in [-0.1, -0.05) is 0 Å². The first-order valence-corrected chi connectivity index (χ1v) is 9.87. The van der Waals surface area contributed by atoms with E-state index in [1.165, 1.54) is 0 Å². The van der Waals surface area contributed by atoms with Crippen LogP contribution in [0.2, 0.25) is 0 Å². The fraction of sp³-hybridized carbons (Fsp3) is 0.381. The summed E-state index contributed by atoms with van der Waals surface area (Å²) in [5.74, 6) is 0.717. The van der Waals surface area contributed by atoms with Crippen LogP contribution in [0.15, 0.2) is 30.7 Å². The van der Waals surface area contributed by atoms with Crippen LogP contribution in [0.4, 0.5) is 11.4 Å². The van der Waals surface area contributed by atoms with Crippen molar-refractivity contribution in [3.8, 4) is 5.75 Å². The zero-order valence-electron chi connectivity index (χ0n) is 16.5. The normalized spacial score (nSPS) is 18.6. The van der Waals surface area contributed by atoms with Gasteiger partial charge in [0.25, 0.3) is 5.91 Å².